The summed E-state index contributed by atoms with van der Waals surface area (Å²) in [6.07, 6.45) is 1.72. The van der Waals surface area contributed by atoms with Gasteiger partial charge in [0.2, 0.25) is 5.91 Å². The number of carbonyl (C=O) groups is 1. The van der Waals surface area contributed by atoms with E-state index in [1.54, 1.807) is 0 Å². The van der Waals surface area contributed by atoms with Crippen molar-refractivity contribution in [1.29, 1.82) is 0 Å². The highest BCUT2D eigenvalue weighted by atomic mass is 79.9. The summed E-state index contributed by atoms with van der Waals surface area (Å²) in [7, 11) is 0. The number of nitrogens with zero attached hydrogens (tertiary/aromatic N) is 2. The SMILES string of the molecule is Cc1cc2nc3c(nc2cc1C)C1(C(=O)Nc2ccc(Br)cc2)CCC3(C)C1(C)C. The lowest BCUT2D eigenvalue weighted by molar-refractivity contribution is -0.125. The van der Waals surface area contributed by atoms with Crippen molar-refractivity contribution in [2.45, 2.75) is 58.3 Å². The van der Waals surface area contributed by atoms with Crippen LogP contribution in [0.25, 0.3) is 11.0 Å². The predicted octanol–water partition coefficient (Wildman–Crippen LogP) is 5.98. The molecule has 2 aromatic carbocycles. The van der Waals surface area contributed by atoms with Gasteiger partial charge in [0, 0.05) is 15.6 Å². The van der Waals surface area contributed by atoms with E-state index in [4.69, 9.17) is 9.97 Å². The molecule has 2 aliphatic carbocycles. The van der Waals surface area contributed by atoms with E-state index in [0.717, 1.165) is 45.4 Å². The van der Waals surface area contributed by atoms with E-state index in [9.17, 15) is 4.79 Å². The van der Waals surface area contributed by atoms with Crippen LogP contribution in [0.3, 0.4) is 0 Å². The molecule has 2 bridgehead atoms. The lowest BCUT2D eigenvalue weighted by Crippen LogP contribution is -2.48. The van der Waals surface area contributed by atoms with Gasteiger partial charge in [0.05, 0.1) is 27.8 Å². The second-order valence-electron chi connectivity index (χ2n) is 9.67. The van der Waals surface area contributed by atoms with Gasteiger partial charge in [-0.1, -0.05) is 36.7 Å². The number of rotatable bonds is 2. The Hall–Kier alpha value is -2.27. The van der Waals surface area contributed by atoms with Gasteiger partial charge in [0.25, 0.3) is 0 Å². The molecule has 1 N–H and O–H groups in total. The van der Waals surface area contributed by atoms with E-state index in [2.05, 4.69) is 68.0 Å². The van der Waals surface area contributed by atoms with Crippen LogP contribution in [0.15, 0.2) is 40.9 Å². The Bertz CT molecular complexity index is 1220. The summed E-state index contributed by atoms with van der Waals surface area (Å²) in [5.74, 6) is 0.0229. The maximum Gasteiger partial charge on any atom is 0.237 e. The van der Waals surface area contributed by atoms with Crippen molar-refractivity contribution in [3.05, 3.63) is 63.4 Å². The molecule has 30 heavy (non-hydrogen) atoms. The van der Waals surface area contributed by atoms with Gasteiger partial charge >= 0.3 is 0 Å². The zero-order valence-electron chi connectivity index (χ0n) is 18.1. The maximum atomic E-state index is 13.9. The maximum absolute atomic E-state index is 13.9. The third-order valence-electron chi connectivity index (χ3n) is 8.14. The van der Waals surface area contributed by atoms with Gasteiger partial charge in [0.15, 0.2) is 0 Å². The van der Waals surface area contributed by atoms with Crippen LogP contribution in [0.4, 0.5) is 5.69 Å². The summed E-state index contributed by atoms with van der Waals surface area (Å²) in [4.78, 5) is 24.1. The van der Waals surface area contributed by atoms with Crippen molar-refractivity contribution in [3.8, 4) is 0 Å². The van der Waals surface area contributed by atoms with Crippen LogP contribution in [0.2, 0.25) is 0 Å². The number of aromatic nitrogens is 2. The van der Waals surface area contributed by atoms with E-state index < -0.39 is 5.41 Å². The van der Waals surface area contributed by atoms with Crippen molar-refractivity contribution in [1.82, 2.24) is 9.97 Å². The molecule has 0 aliphatic heterocycles. The van der Waals surface area contributed by atoms with Crippen molar-refractivity contribution in [3.63, 3.8) is 0 Å². The first kappa shape index (κ1) is 19.7. The molecule has 0 radical (unpaired) electrons. The van der Waals surface area contributed by atoms with Crippen molar-refractivity contribution in [2.24, 2.45) is 5.41 Å². The van der Waals surface area contributed by atoms with Crippen molar-refractivity contribution in [2.75, 3.05) is 5.32 Å². The van der Waals surface area contributed by atoms with Crippen molar-refractivity contribution < 1.29 is 4.79 Å². The molecule has 1 saturated carbocycles. The standard InChI is InChI=1S/C25H26BrN3O/c1-14-12-18-19(13-15(14)2)29-21-20(28-18)24(5)10-11-25(21,23(24,3)4)22(30)27-17-8-6-16(26)7-9-17/h6-9,12-13H,10-11H2,1-5H3,(H,27,30). The smallest absolute Gasteiger partial charge is 0.237 e. The summed E-state index contributed by atoms with van der Waals surface area (Å²) in [5, 5.41) is 3.18. The predicted molar refractivity (Wildman–Crippen MR) is 124 cm³/mol. The highest BCUT2D eigenvalue weighted by Gasteiger charge is 2.73. The lowest BCUT2D eigenvalue weighted by atomic mass is 9.63. The average Bonchev–Trinajstić information content (AvgIpc) is 2.99. The first-order valence-electron chi connectivity index (χ1n) is 10.5. The molecule has 5 rings (SSSR count). The second-order valence-corrected chi connectivity index (χ2v) is 10.6. The molecule has 2 atom stereocenters. The zero-order chi connectivity index (χ0) is 21.5. The Kier molecular flexibility index (Phi) is 4.02. The normalized spacial score (nSPS) is 26.1. The van der Waals surface area contributed by atoms with Gasteiger partial charge in [-0.3, -0.25) is 4.79 Å². The topological polar surface area (TPSA) is 54.9 Å². The second kappa shape index (κ2) is 6.13. The van der Waals surface area contributed by atoms with E-state index >= 15 is 0 Å². The highest BCUT2D eigenvalue weighted by molar-refractivity contribution is 9.10. The Morgan fingerprint density at radius 2 is 1.50 bits per heavy atom. The van der Waals surface area contributed by atoms with Gasteiger partial charge < -0.3 is 5.32 Å². The molecule has 1 amide bonds. The third kappa shape index (κ3) is 2.30. The first-order valence-corrected chi connectivity index (χ1v) is 11.3. The number of halogens is 1. The quantitative estimate of drug-likeness (QED) is 0.508. The number of aryl methyl sites for hydroxylation is 2. The van der Waals surface area contributed by atoms with Gasteiger partial charge in [-0.25, -0.2) is 9.97 Å². The Morgan fingerprint density at radius 3 is 2.10 bits per heavy atom. The molecule has 154 valence electrons. The molecular weight excluding hydrogens is 438 g/mol. The summed E-state index contributed by atoms with van der Waals surface area (Å²) < 4.78 is 0.988. The number of carbonyl (C=O) groups excluding carboxylic acids is 1. The number of fused-ring (bicyclic) bond motifs is 6. The summed E-state index contributed by atoms with van der Waals surface area (Å²) in [6, 6.07) is 12.0. The largest absolute Gasteiger partial charge is 0.325 e. The number of anilines is 1. The minimum absolute atomic E-state index is 0.0229. The minimum Gasteiger partial charge on any atom is -0.325 e. The minimum atomic E-state index is -0.690. The molecule has 0 spiro atoms. The van der Waals surface area contributed by atoms with E-state index in [1.165, 1.54) is 11.1 Å². The Labute approximate surface area is 185 Å². The van der Waals surface area contributed by atoms with Crippen LogP contribution in [0, 0.1) is 19.3 Å². The molecule has 1 fully saturated rings. The monoisotopic (exact) mass is 463 g/mol. The number of hydrogen-bond acceptors (Lipinski definition) is 3. The fraction of sp³-hybridized carbons (Fsp3) is 0.400. The van der Waals surface area contributed by atoms with Gasteiger partial charge in [-0.15, -0.1) is 0 Å². The number of amides is 1. The fourth-order valence-corrected chi connectivity index (χ4v) is 5.90. The Morgan fingerprint density at radius 1 is 0.933 bits per heavy atom. The first-order chi connectivity index (χ1) is 14.1. The number of hydrogen-bond donors (Lipinski definition) is 1. The fourth-order valence-electron chi connectivity index (χ4n) is 5.63. The lowest BCUT2D eigenvalue weighted by Gasteiger charge is -2.39. The van der Waals surface area contributed by atoms with Gasteiger partial charge in [-0.05, 0) is 79.6 Å². The molecule has 2 unspecified atom stereocenters. The van der Waals surface area contributed by atoms with Gasteiger partial charge in [-0.2, -0.15) is 0 Å². The third-order valence-corrected chi connectivity index (χ3v) is 8.67. The highest BCUT2D eigenvalue weighted by Crippen LogP contribution is 2.70. The van der Waals surface area contributed by atoms with E-state index in [0.29, 0.717) is 0 Å². The van der Waals surface area contributed by atoms with Crippen molar-refractivity contribution >= 4 is 38.6 Å². The molecule has 0 saturated heterocycles. The van der Waals surface area contributed by atoms with Crippen LogP contribution in [-0.2, 0) is 15.6 Å². The number of nitrogens with one attached hydrogen (secondary N) is 1. The molecule has 5 heteroatoms. The molecule has 1 heterocycles. The molecule has 4 nitrogen and oxygen atoms in total. The van der Waals surface area contributed by atoms with Crippen LogP contribution in [0.5, 0.6) is 0 Å². The van der Waals surface area contributed by atoms with Crippen LogP contribution in [-0.4, -0.2) is 15.9 Å². The van der Waals surface area contributed by atoms with Crippen LogP contribution < -0.4 is 5.32 Å². The van der Waals surface area contributed by atoms with E-state index in [1.807, 2.05) is 24.3 Å². The zero-order valence-corrected chi connectivity index (χ0v) is 19.6. The van der Waals surface area contributed by atoms with Crippen LogP contribution >= 0.6 is 15.9 Å². The van der Waals surface area contributed by atoms with E-state index in [-0.39, 0.29) is 16.7 Å². The summed E-state index contributed by atoms with van der Waals surface area (Å²) in [5.41, 5.74) is 5.71. The summed E-state index contributed by atoms with van der Waals surface area (Å²) in [6.45, 7) is 10.9. The number of benzene rings is 2. The molecular formula is C25H26BrN3O. The van der Waals surface area contributed by atoms with Gasteiger partial charge in [0.1, 0.15) is 0 Å². The summed E-state index contributed by atoms with van der Waals surface area (Å²) >= 11 is 3.46. The molecule has 3 aromatic rings. The Balaban J connectivity index is 1.70. The molecule has 1 aromatic heterocycles. The van der Waals surface area contributed by atoms with Crippen LogP contribution in [0.1, 0.15) is 56.1 Å². The average molecular weight is 464 g/mol. The molecule has 2 aliphatic rings.